The van der Waals surface area contributed by atoms with E-state index in [0.717, 1.165) is 62.0 Å². The first-order chi connectivity index (χ1) is 18.6. The second kappa shape index (κ2) is 11.1. The lowest BCUT2D eigenvalue weighted by molar-refractivity contribution is -0.130. The zero-order valence-corrected chi connectivity index (χ0v) is 23.8. The monoisotopic (exact) mass is 533 g/mol. The third kappa shape index (κ3) is 5.57. The van der Waals surface area contributed by atoms with Crippen LogP contribution in [0.1, 0.15) is 55.1 Å². The smallest absolute Gasteiger partial charge is 0.256 e. The van der Waals surface area contributed by atoms with E-state index in [1.165, 1.54) is 24.1 Å². The van der Waals surface area contributed by atoms with Crippen molar-refractivity contribution < 1.29 is 14.0 Å². The third-order valence-electron chi connectivity index (χ3n) is 8.55. The van der Waals surface area contributed by atoms with Crippen molar-refractivity contribution in [3.05, 3.63) is 59.3 Å². The molecule has 0 aliphatic carbocycles. The number of hydrogen-bond acceptors (Lipinski definition) is 4. The van der Waals surface area contributed by atoms with Crippen molar-refractivity contribution in [2.45, 2.75) is 53.0 Å². The van der Waals surface area contributed by atoms with Crippen molar-refractivity contribution in [1.29, 1.82) is 0 Å². The van der Waals surface area contributed by atoms with Crippen molar-refractivity contribution in [3.63, 3.8) is 0 Å². The maximum absolute atomic E-state index is 14.3. The molecule has 0 spiro atoms. The Morgan fingerprint density at radius 1 is 1.15 bits per heavy atom. The summed E-state index contributed by atoms with van der Waals surface area (Å²) >= 11 is 0. The summed E-state index contributed by atoms with van der Waals surface area (Å²) in [5, 5.41) is 1.16. The first-order valence-electron chi connectivity index (χ1n) is 14.1. The third-order valence-corrected chi connectivity index (χ3v) is 8.55. The molecule has 8 heteroatoms. The Morgan fingerprint density at radius 2 is 1.92 bits per heavy atom. The van der Waals surface area contributed by atoms with Crippen LogP contribution < -0.4 is 0 Å². The molecule has 2 fully saturated rings. The Kier molecular flexibility index (Phi) is 7.76. The molecule has 0 N–H and O–H groups in total. The SMILES string of the molecule is CC(=O)N1CCCC(CN2CC(Cc3cn(-c4ccc(F)cc4C(=O)N(C)C(C)C)c4cncc(C)c34)C2)C1. The number of piperidine rings is 1. The van der Waals surface area contributed by atoms with Crippen molar-refractivity contribution in [2.24, 2.45) is 11.8 Å². The van der Waals surface area contributed by atoms with Crippen LogP contribution in [0.2, 0.25) is 0 Å². The van der Waals surface area contributed by atoms with E-state index in [0.29, 0.717) is 23.1 Å². The van der Waals surface area contributed by atoms with E-state index in [2.05, 4.69) is 23.0 Å². The molecular formula is C31H40FN5O2. The fraction of sp³-hybridized carbons (Fsp3) is 0.516. The molecule has 2 aliphatic rings. The van der Waals surface area contributed by atoms with Gasteiger partial charge in [-0.1, -0.05) is 0 Å². The highest BCUT2D eigenvalue weighted by molar-refractivity contribution is 5.99. The summed E-state index contributed by atoms with van der Waals surface area (Å²) in [5.41, 5.74) is 4.27. The number of nitrogens with zero attached hydrogens (tertiary/aromatic N) is 5. The van der Waals surface area contributed by atoms with Crippen molar-refractivity contribution in [1.82, 2.24) is 24.3 Å². The average Bonchev–Trinajstić information content (AvgIpc) is 3.26. The van der Waals surface area contributed by atoms with Crippen LogP contribution in [0.4, 0.5) is 4.39 Å². The van der Waals surface area contributed by atoms with E-state index in [1.54, 1.807) is 24.9 Å². The molecule has 208 valence electrons. The largest absolute Gasteiger partial charge is 0.343 e. The van der Waals surface area contributed by atoms with Crippen molar-refractivity contribution in [2.75, 3.05) is 39.8 Å². The number of carbonyl (C=O) groups excluding carboxylic acids is 2. The van der Waals surface area contributed by atoms with Gasteiger partial charge < -0.3 is 19.3 Å². The first kappa shape index (κ1) is 27.3. The van der Waals surface area contributed by atoms with Gasteiger partial charge in [0, 0.05) is 70.5 Å². The van der Waals surface area contributed by atoms with Gasteiger partial charge in [-0.05, 0) is 81.2 Å². The van der Waals surface area contributed by atoms with Gasteiger partial charge in [0.05, 0.1) is 23.0 Å². The molecule has 2 aliphatic heterocycles. The molecule has 0 bridgehead atoms. The maximum atomic E-state index is 14.3. The number of rotatable bonds is 7. The summed E-state index contributed by atoms with van der Waals surface area (Å²) < 4.78 is 16.4. The lowest BCUT2D eigenvalue weighted by Crippen LogP contribution is -2.51. The fourth-order valence-electron chi connectivity index (χ4n) is 6.24. The first-order valence-corrected chi connectivity index (χ1v) is 14.1. The van der Waals surface area contributed by atoms with Crippen LogP contribution in [-0.2, 0) is 11.2 Å². The van der Waals surface area contributed by atoms with Gasteiger partial charge in [-0.15, -0.1) is 0 Å². The van der Waals surface area contributed by atoms with E-state index in [9.17, 15) is 14.0 Å². The molecular weight excluding hydrogens is 493 g/mol. The highest BCUT2D eigenvalue weighted by atomic mass is 19.1. The number of pyridine rings is 1. The fourth-order valence-corrected chi connectivity index (χ4v) is 6.24. The van der Waals surface area contributed by atoms with Gasteiger partial charge in [0.2, 0.25) is 5.91 Å². The summed E-state index contributed by atoms with van der Waals surface area (Å²) in [5.74, 6) is 0.653. The summed E-state index contributed by atoms with van der Waals surface area (Å²) in [4.78, 5) is 35.7. The molecule has 3 aromatic rings. The molecule has 39 heavy (non-hydrogen) atoms. The van der Waals surface area contributed by atoms with Gasteiger partial charge in [0.25, 0.3) is 5.91 Å². The highest BCUT2D eigenvalue weighted by Gasteiger charge is 2.32. The van der Waals surface area contributed by atoms with Crippen LogP contribution in [-0.4, -0.2) is 81.9 Å². The average molecular weight is 534 g/mol. The second-order valence-corrected chi connectivity index (χ2v) is 11.8. The lowest BCUT2D eigenvalue weighted by Gasteiger charge is -2.43. The number of benzene rings is 1. The topological polar surface area (TPSA) is 61.7 Å². The molecule has 1 aromatic carbocycles. The minimum atomic E-state index is -0.427. The molecule has 2 saturated heterocycles. The van der Waals surface area contributed by atoms with E-state index >= 15 is 0 Å². The van der Waals surface area contributed by atoms with Crippen LogP contribution in [0.3, 0.4) is 0 Å². The summed E-state index contributed by atoms with van der Waals surface area (Å²) in [7, 11) is 1.75. The molecule has 1 atom stereocenters. The van der Waals surface area contributed by atoms with E-state index in [1.807, 2.05) is 35.7 Å². The standard InChI is InChI=1S/C31H40FN5O2/c1-20(2)34(5)31(39)27-12-26(32)8-9-28(27)37-19-25(30-21(3)13-33-14-29(30)37)11-24-16-35(17-24)15-23-7-6-10-36(18-23)22(4)38/h8-9,12-14,19-20,23-24H,6-7,10-11,15-18H2,1-5H3. The predicted octanol–water partition coefficient (Wildman–Crippen LogP) is 4.69. The second-order valence-electron chi connectivity index (χ2n) is 11.8. The summed E-state index contributed by atoms with van der Waals surface area (Å²) in [6, 6.07) is 4.45. The molecule has 4 heterocycles. The number of carbonyl (C=O) groups is 2. The zero-order valence-electron chi connectivity index (χ0n) is 23.8. The van der Waals surface area contributed by atoms with Gasteiger partial charge in [-0.2, -0.15) is 0 Å². The van der Waals surface area contributed by atoms with Gasteiger partial charge in [-0.25, -0.2) is 4.39 Å². The zero-order chi connectivity index (χ0) is 27.8. The Balaban J connectivity index is 1.37. The Bertz CT molecular complexity index is 1380. The molecule has 1 unspecified atom stereocenters. The number of fused-ring (bicyclic) bond motifs is 1. The molecule has 2 amide bonds. The van der Waals surface area contributed by atoms with Crippen LogP contribution >= 0.6 is 0 Å². The normalized spacial score (nSPS) is 18.5. The van der Waals surface area contributed by atoms with Gasteiger partial charge >= 0.3 is 0 Å². The maximum Gasteiger partial charge on any atom is 0.256 e. The number of likely N-dealkylation sites (tertiary alicyclic amines) is 2. The van der Waals surface area contributed by atoms with E-state index < -0.39 is 5.82 Å². The molecule has 2 aromatic heterocycles. The Labute approximate surface area is 230 Å². The van der Waals surface area contributed by atoms with Gasteiger partial charge in [0.1, 0.15) is 5.82 Å². The van der Waals surface area contributed by atoms with E-state index in [4.69, 9.17) is 0 Å². The van der Waals surface area contributed by atoms with Crippen LogP contribution in [0.5, 0.6) is 0 Å². The predicted molar refractivity (Wildman–Crippen MR) is 152 cm³/mol. The summed E-state index contributed by atoms with van der Waals surface area (Å²) in [6.07, 6.45) is 9.06. The van der Waals surface area contributed by atoms with Crippen LogP contribution in [0.25, 0.3) is 16.6 Å². The van der Waals surface area contributed by atoms with Crippen LogP contribution in [0.15, 0.2) is 36.8 Å². The number of halogens is 1. The van der Waals surface area contributed by atoms with Crippen LogP contribution in [0, 0.1) is 24.6 Å². The Morgan fingerprint density at radius 3 is 2.64 bits per heavy atom. The van der Waals surface area contributed by atoms with Gasteiger partial charge in [0.15, 0.2) is 0 Å². The molecule has 0 radical (unpaired) electrons. The lowest BCUT2D eigenvalue weighted by atomic mass is 9.89. The molecule has 0 saturated carbocycles. The minimum absolute atomic E-state index is 0.00444. The Hall–Kier alpha value is -3.26. The van der Waals surface area contributed by atoms with Crippen molar-refractivity contribution in [3.8, 4) is 5.69 Å². The summed E-state index contributed by atoms with van der Waals surface area (Å²) in [6.45, 7) is 12.6. The van der Waals surface area contributed by atoms with E-state index in [-0.39, 0.29) is 17.9 Å². The highest BCUT2D eigenvalue weighted by Crippen LogP contribution is 2.33. The number of aryl methyl sites for hydroxylation is 1. The number of amides is 2. The minimum Gasteiger partial charge on any atom is -0.343 e. The molecule has 7 nitrogen and oxygen atoms in total. The number of aromatic nitrogens is 2. The quantitative estimate of drug-likeness (QED) is 0.442. The van der Waals surface area contributed by atoms with Gasteiger partial charge in [-0.3, -0.25) is 14.6 Å². The molecule has 5 rings (SSSR count). The number of hydrogen-bond donors (Lipinski definition) is 0. The van der Waals surface area contributed by atoms with Crippen molar-refractivity contribution >= 4 is 22.7 Å².